The molecule has 1 aliphatic heterocycles. The summed E-state index contributed by atoms with van der Waals surface area (Å²) in [5.74, 6) is -0.110. The molecule has 1 aromatic carbocycles. The van der Waals surface area contributed by atoms with E-state index in [0.717, 1.165) is 11.4 Å². The number of piperidine rings is 1. The molecule has 0 radical (unpaired) electrons. The Labute approximate surface area is 178 Å². The van der Waals surface area contributed by atoms with Crippen molar-refractivity contribution >= 4 is 12.0 Å². The van der Waals surface area contributed by atoms with Gasteiger partial charge in [0, 0.05) is 19.1 Å². The van der Waals surface area contributed by atoms with Crippen LogP contribution in [-0.2, 0) is 11.2 Å². The van der Waals surface area contributed by atoms with Crippen LogP contribution in [0.3, 0.4) is 0 Å². The summed E-state index contributed by atoms with van der Waals surface area (Å²) in [7, 11) is 0. The SMILES string of the molecule is CCc1c(C(=O)NC2CCN(C(=O)OC(C)(C)C)CC2)cnn1-c1ccc(C)cc1. The minimum Gasteiger partial charge on any atom is -0.444 e. The lowest BCUT2D eigenvalue weighted by Gasteiger charge is -2.33. The van der Waals surface area contributed by atoms with Gasteiger partial charge in [0.2, 0.25) is 0 Å². The first-order valence-corrected chi connectivity index (χ1v) is 10.6. The maximum atomic E-state index is 12.9. The third kappa shape index (κ3) is 5.20. The number of hydrogen-bond donors (Lipinski definition) is 1. The zero-order valence-corrected chi connectivity index (χ0v) is 18.6. The van der Waals surface area contributed by atoms with Gasteiger partial charge in [-0.2, -0.15) is 5.10 Å². The van der Waals surface area contributed by atoms with Crippen LogP contribution in [0.5, 0.6) is 0 Å². The van der Waals surface area contributed by atoms with Crippen molar-refractivity contribution < 1.29 is 14.3 Å². The number of aromatic nitrogens is 2. The van der Waals surface area contributed by atoms with E-state index < -0.39 is 5.60 Å². The lowest BCUT2D eigenvalue weighted by atomic mass is 10.0. The molecule has 1 aromatic heterocycles. The Hall–Kier alpha value is -2.83. The predicted molar refractivity (Wildman–Crippen MR) is 116 cm³/mol. The highest BCUT2D eigenvalue weighted by Gasteiger charge is 2.28. The molecule has 7 nitrogen and oxygen atoms in total. The first-order valence-electron chi connectivity index (χ1n) is 10.6. The number of nitrogens with one attached hydrogen (secondary N) is 1. The molecule has 30 heavy (non-hydrogen) atoms. The molecule has 0 saturated carbocycles. The van der Waals surface area contributed by atoms with Gasteiger partial charge in [0.25, 0.3) is 5.91 Å². The van der Waals surface area contributed by atoms with Gasteiger partial charge in [0.05, 0.1) is 23.1 Å². The van der Waals surface area contributed by atoms with E-state index in [1.54, 1.807) is 11.1 Å². The number of carbonyl (C=O) groups excluding carboxylic acids is 2. The Bertz CT molecular complexity index is 888. The number of nitrogens with zero attached hydrogens (tertiary/aromatic N) is 3. The van der Waals surface area contributed by atoms with Crippen molar-refractivity contribution in [2.45, 2.75) is 65.5 Å². The predicted octanol–water partition coefficient (Wildman–Crippen LogP) is 3.87. The Kier molecular flexibility index (Phi) is 6.48. The molecule has 7 heteroatoms. The molecule has 1 saturated heterocycles. The minimum atomic E-state index is -0.504. The van der Waals surface area contributed by atoms with Crippen molar-refractivity contribution in [1.82, 2.24) is 20.0 Å². The second-order valence-electron chi connectivity index (χ2n) is 8.82. The Morgan fingerprint density at radius 1 is 1.17 bits per heavy atom. The summed E-state index contributed by atoms with van der Waals surface area (Å²) in [4.78, 5) is 26.8. The summed E-state index contributed by atoms with van der Waals surface area (Å²) < 4.78 is 7.27. The van der Waals surface area contributed by atoms with Crippen LogP contribution >= 0.6 is 0 Å². The van der Waals surface area contributed by atoms with Crippen LogP contribution in [0.15, 0.2) is 30.5 Å². The number of rotatable bonds is 4. The van der Waals surface area contributed by atoms with E-state index in [1.165, 1.54) is 5.56 Å². The van der Waals surface area contributed by atoms with Gasteiger partial charge in [-0.25, -0.2) is 9.48 Å². The van der Waals surface area contributed by atoms with Crippen molar-refractivity contribution in [3.63, 3.8) is 0 Å². The number of aryl methyl sites for hydroxylation is 1. The highest BCUT2D eigenvalue weighted by atomic mass is 16.6. The highest BCUT2D eigenvalue weighted by molar-refractivity contribution is 5.95. The fourth-order valence-electron chi connectivity index (χ4n) is 3.61. The number of carbonyl (C=O) groups is 2. The van der Waals surface area contributed by atoms with E-state index in [0.29, 0.717) is 37.9 Å². The number of hydrogen-bond acceptors (Lipinski definition) is 4. The van der Waals surface area contributed by atoms with Gasteiger partial charge in [0.15, 0.2) is 0 Å². The molecule has 1 aliphatic rings. The average molecular weight is 413 g/mol. The van der Waals surface area contributed by atoms with Crippen molar-refractivity contribution in [1.29, 1.82) is 0 Å². The average Bonchev–Trinajstić information content (AvgIpc) is 3.12. The van der Waals surface area contributed by atoms with Gasteiger partial charge in [-0.3, -0.25) is 4.79 Å². The molecule has 0 bridgehead atoms. The maximum absolute atomic E-state index is 12.9. The monoisotopic (exact) mass is 412 g/mol. The lowest BCUT2D eigenvalue weighted by molar-refractivity contribution is 0.0199. The van der Waals surface area contributed by atoms with Crippen molar-refractivity contribution in [3.05, 3.63) is 47.3 Å². The van der Waals surface area contributed by atoms with Crippen LogP contribution in [0.25, 0.3) is 5.69 Å². The van der Waals surface area contributed by atoms with Gasteiger partial charge >= 0.3 is 6.09 Å². The smallest absolute Gasteiger partial charge is 0.410 e. The molecule has 0 spiro atoms. The number of ether oxygens (including phenoxy) is 1. The van der Waals surface area contributed by atoms with Crippen LogP contribution in [0.2, 0.25) is 0 Å². The van der Waals surface area contributed by atoms with Gasteiger partial charge in [-0.05, 0) is 59.1 Å². The molecule has 162 valence electrons. The van der Waals surface area contributed by atoms with E-state index in [1.807, 2.05) is 63.6 Å². The summed E-state index contributed by atoms with van der Waals surface area (Å²) in [6.07, 6.45) is 3.47. The molecule has 1 fully saturated rings. The molecule has 0 unspecified atom stereocenters. The normalized spacial score (nSPS) is 15.2. The van der Waals surface area contributed by atoms with E-state index in [2.05, 4.69) is 10.4 Å². The highest BCUT2D eigenvalue weighted by Crippen LogP contribution is 2.19. The summed E-state index contributed by atoms with van der Waals surface area (Å²) in [5.41, 5.74) is 3.12. The third-order valence-corrected chi connectivity index (χ3v) is 5.21. The van der Waals surface area contributed by atoms with Gasteiger partial charge in [0.1, 0.15) is 5.60 Å². The van der Waals surface area contributed by atoms with Crippen LogP contribution in [0.1, 0.15) is 62.2 Å². The molecule has 1 N–H and O–H groups in total. The summed E-state index contributed by atoms with van der Waals surface area (Å²) >= 11 is 0. The Morgan fingerprint density at radius 3 is 2.37 bits per heavy atom. The second-order valence-corrected chi connectivity index (χ2v) is 8.82. The fraction of sp³-hybridized carbons (Fsp3) is 0.522. The standard InChI is InChI=1S/C23H32N4O3/c1-6-20-19(15-24-27(20)18-9-7-16(2)8-10-18)21(28)25-17-11-13-26(14-12-17)22(29)30-23(3,4)5/h7-10,15,17H,6,11-14H2,1-5H3,(H,25,28). The lowest BCUT2D eigenvalue weighted by Crippen LogP contribution is -2.47. The summed E-state index contributed by atoms with van der Waals surface area (Å²) in [5, 5.41) is 7.58. The molecule has 2 amide bonds. The zero-order valence-electron chi connectivity index (χ0n) is 18.6. The van der Waals surface area contributed by atoms with Gasteiger partial charge in [-0.1, -0.05) is 24.6 Å². The topological polar surface area (TPSA) is 76.5 Å². The van der Waals surface area contributed by atoms with E-state index >= 15 is 0 Å². The largest absolute Gasteiger partial charge is 0.444 e. The molecule has 0 aliphatic carbocycles. The molecule has 3 rings (SSSR count). The van der Waals surface area contributed by atoms with Crippen LogP contribution in [-0.4, -0.2) is 51.4 Å². The minimum absolute atomic E-state index is 0.0311. The number of amides is 2. The third-order valence-electron chi connectivity index (χ3n) is 5.21. The molecule has 2 heterocycles. The molecule has 2 aromatic rings. The Morgan fingerprint density at radius 2 is 1.80 bits per heavy atom. The van der Waals surface area contributed by atoms with Crippen LogP contribution in [0, 0.1) is 6.92 Å². The summed E-state index contributed by atoms with van der Waals surface area (Å²) in [6.45, 7) is 10.8. The van der Waals surface area contributed by atoms with Crippen molar-refractivity contribution in [2.24, 2.45) is 0 Å². The number of benzene rings is 1. The first kappa shape index (κ1) is 21.9. The molecular weight excluding hydrogens is 380 g/mol. The first-order chi connectivity index (χ1) is 14.2. The van der Waals surface area contributed by atoms with Crippen LogP contribution in [0.4, 0.5) is 4.79 Å². The second kappa shape index (κ2) is 8.90. The van der Waals surface area contributed by atoms with E-state index in [4.69, 9.17) is 4.74 Å². The van der Waals surface area contributed by atoms with Gasteiger partial charge in [-0.15, -0.1) is 0 Å². The van der Waals surface area contributed by atoms with Crippen molar-refractivity contribution in [2.75, 3.05) is 13.1 Å². The quantitative estimate of drug-likeness (QED) is 0.827. The van der Waals surface area contributed by atoms with Crippen molar-refractivity contribution in [3.8, 4) is 5.69 Å². The van der Waals surface area contributed by atoms with E-state index in [-0.39, 0.29) is 18.0 Å². The Balaban J connectivity index is 1.62. The molecule has 0 atom stereocenters. The van der Waals surface area contributed by atoms with Gasteiger partial charge < -0.3 is 15.0 Å². The fourth-order valence-corrected chi connectivity index (χ4v) is 3.61. The van der Waals surface area contributed by atoms with E-state index in [9.17, 15) is 9.59 Å². The zero-order chi connectivity index (χ0) is 21.9. The summed E-state index contributed by atoms with van der Waals surface area (Å²) in [6, 6.07) is 8.12. The van der Waals surface area contributed by atoms with Crippen LogP contribution < -0.4 is 5.32 Å². The number of likely N-dealkylation sites (tertiary alicyclic amines) is 1. The maximum Gasteiger partial charge on any atom is 0.410 e. The molecular formula is C23H32N4O3.